The maximum Gasteiger partial charge on any atom is 0.269 e. The van der Waals surface area contributed by atoms with Crippen LogP contribution in [0.25, 0.3) is 0 Å². The normalized spacial score (nSPS) is 13.5. The first-order chi connectivity index (χ1) is 4.63. The van der Waals surface area contributed by atoms with Gasteiger partial charge < -0.3 is 4.52 Å². The molecule has 1 heterocycles. The van der Waals surface area contributed by atoms with E-state index in [4.69, 9.17) is 16.2 Å². The first-order valence-corrected chi connectivity index (χ1v) is 3.84. The number of hydrogen-bond donors (Lipinski definition) is 1. The van der Waals surface area contributed by atoms with E-state index >= 15 is 0 Å². The smallest absolute Gasteiger partial charge is 0.269 e. The zero-order chi connectivity index (χ0) is 7.72. The number of rotatable bonds is 1. The van der Waals surface area contributed by atoms with Gasteiger partial charge in [-0.2, -0.15) is 0 Å². The fourth-order valence-electron chi connectivity index (χ4n) is 0.446. The highest BCUT2D eigenvalue weighted by Gasteiger charge is 2.14. The molecule has 0 aromatic carbocycles. The molecule has 1 unspecified atom stereocenters. The molecule has 1 aromatic rings. The second-order valence-corrected chi connectivity index (χ2v) is 2.87. The van der Waals surface area contributed by atoms with Gasteiger partial charge in [0.25, 0.3) is 5.09 Å². The number of halogens is 1. The molecule has 0 saturated heterocycles. The third-order valence-electron chi connectivity index (χ3n) is 0.921. The van der Waals surface area contributed by atoms with Crippen LogP contribution >= 0.6 is 11.6 Å². The van der Waals surface area contributed by atoms with Crippen LogP contribution in [0, 0.1) is 6.92 Å². The molecule has 0 bridgehead atoms. The van der Waals surface area contributed by atoms with E-state index in [9.17, 15) is 4.21 Å². The highest BCUT2D eigenvalue weighted by Crippen LogP contribution is 2.21. The first kappa shape index (κ1) is 7.71. The van der Waals surface area contributed by atoms with E-state index in [1.807, 2.05) is 0 Å². The Morgan fingerprint density at radius 1 is 1.80 bits per heavy atom. The van der Waals surface area contributed by atoms with Crippen LogP contribution in [-0.4, -0.2) is 13.9 Å². The van der Waals surface area contributed by atoms with Crippen molar-refractivity contribution in [3.05, 3.63) is 10.7 Å². The van der Waals surface area contributed by atoms with Gasteiger partial charge in [-0.15, -0.1) is 0 Å². The fraction of sp³-hybridized carbons (Fsp3) is 0.250. The van der Waals surface area contributed by atoms with E-state index in [0.29, 0.717) is 5.69 Å². The van der Waals surface area contributed by atoms with Crippen molar-refractivity contribution >= 4 is 22.7 Å². The van der Waals surface area contributed by atoms with Crippen LogP contribution in [0.5, 0.6) is 0 Å². The van der Waals surface area contributed by atoms with Crippen LogP contribution in [0.2, 0.25) is 5.02 Å². The van der Waals surface area contributed by atoms with E-state index in [1.54, 1.807) is 6.92 Å². The lowest BCUT2D eigenvalue weighted by atomic mass is 10.5. The highest BCUT2D eigenvalue weighted by atomic mass is 35.5. The van der Waals surface area contributed by atoms with Crippen molar-refractivity contribution in [1.29, 1.82) is 0 Å². The van der Waals surface area contributed by atoms with Gasteiger partial charge in [0, 0.05) is 0 Å². The van der Waals surface area contributed by atoms with Gasteiger partial charge in [0.1, 0.15) is 10.7 Å². The van der Waals surface area contributed by atoms with Gasteiger partial charge in [0.2, 0.25) is 11.1 Å². The largest absolute Gasteiger partial charge is 0.343 e. The Balaban J connectivity index is 3.17. The molecule has 1 rings (SSSR count). The monoisotopic (exact) mass is 181 g/mol. The Labute approximate surface area is 64.4 Å². The average molecular weight is 182 g/mol. The minimum atomic E-state index is -2.18. The van der Waals surface area contributed by atoms with Gasteiger partial charge in [0.15, 0.2) is 0 Å². The Hall–Kier alpha value is -0.390. The fourth-order valence-corrected chi connectivity index (χ4v) is 1.12. The molecule has 0 saturated carbocycles. The van der Waals surface area contributed by atoms with Crippen molar-refractivity contribution < 1.29 is 13.3 Å². The second kappa shape index (κ2) is 2.69. The lowest BCUT2D eigenvalue weighted by Crippen LogP contribution is -1.84. The van der Waals surface area contributed by atoms with Gasteiger partial charge in [-0.1, -0.05) is 16.8 Å². The molecular formula is C4H4ClNO3S. The minimum Gasteiger partial charge on any atom is -0.343 e. The van der Waals surface area contributed by atoms with E-state index in [-0.39, 0.29) is 10.1 Å². The van der Waals surface area contributed by atoms with Gasteiger partial charge in [-0.25, -0.2) is 4.21 Å². The van der Waals surface area contributed by atoms with Crippen LogP contribution in [0.3, 0.4) is 0 Å². The van der Waals surface area contributed by atoms with E-state index in [1.165, 1.54) is 0 Å². The number of nitrogens with zero attached hydrogens (tertiary/aromatic N) is 1. The molecule has 0 aliphatic carbocycles. The molecule has 4 nitrogen and oxygen atoms in total. The lowest BCUT2D eigenvalue weighted by Gasteiger charge is -1.83. The van der Waals surface area contributed by atoms with E-state index < -0.39 is 11.1 Å². The number of hydrogen-bond acceptors (Lipinski definition) is 3. The predicted octanol–water partition coefficient (Wildman–Crippen LogP) is 1.22. The predicted molar refractivity (Wildman–Crippen MR) is 35.3 cm³/mol. The zero-order valence-corrected chi connectivity index (χ0v) is 6.57. The Bertz CT molecular complexity index is 271. The van der Waals surface area contributed by atoms with Gasteiger partial charge in [-0.05, 0) is 6.92 Å². The first-order valence-electron chi connectivity index (χ1n) is 2.35. The van der Waals surface area contributed by atoms with Crippen molar-refractivity contribution in [3.63, 3.8) is 0 Å². The highest BCUT2D eigenvalue weighted by molar-refractivity contribution is 7.79. The maximum atomic E-state index is 10.3. The van der Waals surface area contributed by atoms with Crippen molar-refractivity contribution in [1.82, 2.24) is 5.16 Å². The molecule has 1 aromatic heterocycles. The quantitative estimate of drug-likeness (QED) is 0.662. The summed E-state index contributed by atoms with van der Waals surface area (Å²) < 4.78 is 23.2. The summed E-state index contributed by atoms with van der Waals surface area (Å²) in [5.74, 6) is 0. The topological polar surface area (TPSA) is 63.3 Å². The molecule has 1 N–H and O–H groups in total. The van der Waals surface area contributed by atoms with Gasteiger partial charge in [0.05, 0.1) is 0 Å². The lowest BCUT2D eigenvalue weighted by molar-refractivity contribution is 0.334. The minimum absolute atomic E-state index is 0.112. The summed E-state index contributed by atoms with van der Waals surface area (Å²) in [6.45, 7) is 1.59. The van der Waals surface area contributed by atoms with Gasteiger partial charge >= 0.3 is 0 Å². The maximum absolute atomic E-state index is 10.3. The summed E-state index contributed by atoms with van der Waals surface area (Å²) in [6.07, 6.45) is 0. The molecule has 56 valence electrons. The van der Waals surface area contributed by atoms with Crippen molar-refractivity contribution in [2.24, 2.45) is 0 Å². The summed E-state index contributed by atoms with van der Waals surface area (Å²) in [7, 11) is 0. The molecule has 0 fully saturated rings. The molecule has 10 heavy (non-hydrogen) atoms. The number of aryl methyl sites for hydroxylation is 1. The molecule has 0 radical (unpaired) electrons. The average Bonchev–Trinajstić information content (AvgIpc) is 2.14. The molecular weight excluding hydrogens is 178 g/mol. The molecule has 1 atom stereocenters. The molecule has 0 aliphatic heterocycles. The third kappa shape index (κ3) is 1.21. The van der Waals surface area contributed by atoms with E-state index in [2.05, 4.69) is 9.68 Å². The van der Waals surface area contributed by atoms with Crippen LogP contribution in [0.1, 0.15) is 5.69 Å². The second-order valence-electron chi connectivity index (χ2n) is 1.62. The number of aromatic nitrogens is 1. The summed E-state index contributed by atoms with van der Waals surface area (Å²) in [5, 5.41) is 3.29. The Morgan fingerprint density at radius 3 is 2.60 bits per heavy atom. The third-order valence-corrected chi connectivity index (χ3v) is 2.07. The zero-order valence-electron chi connectivity index (χ0n) is 5.00. The Morgan fingerprint density at radius 2 is 2.40 bits per heavy atom. The van der Waals surface area contributed by atoms with Gasteiger partial charge in [-0.3, -0.25) is 4.55 Å². The SMILES string of the molecule is Cc1noc(S(=O)O)c1Cl. The van der Waals surface area contributed by atoms with Crippen molar-refractivity contribution in [3.8, 4) is 0 Å². The van der Waals surface area contributed by atoms with Crippen molar-refractivity contribution in [2.45, 2.75) is 12.0 Å². The van der Waals surface area contributed by atoms with Crippen LogP contribution in [0.15, 0.2) is 9.62 Å². The van der Waals surface area contributed by atoms with Crippen LogP contribution in [0.4, 0.5) is 0 Å². The standard InChI is InChI=1S/C4H4ClNO3S/c1-2-3(5)4(9-6-2)10(7)8/h1H3,(H,7,8). The molecule has 0 aliphatic rings. The summed E-state index contributed by atoms with van der Waals surface area (Å²) in [4.78, 5) is 0. The Kier molecular flexibility index (Phi) is 2.08. The van der Waals surface area contributed by atoms with Crippen LogP contribution < -0.4 is 0 Å². The molecule has 0 amide bonds. The van der Waals surface area contributed by atoms with E-state index in [0.717, 1.165) is 0 Å². The summed E-state index contributed by atoms with van der Waals surface area (Å²) in [6, 6.07) is 0. The van der Waals surface area contributed by atoms with Crippen LogP contribution in [-0.2, 0) is 11.1 Å². The molecule has 6 heteroatoms. The summed E-state index contributed by atoms with van der Waals surface area (Å²) in [5.41, 5.74) is 0.416. The van der Waals surface area contributed by atoms with Crippen molar-refractivity contribution in [2.75, 3.05) is 0 Å². The molecule has 0 spiro atoms. The summed E-state index contributed by atoms with van der Waals surface area (Å²) >= 11 is 3.31.